The number of nitrogens with one attached hydrogen (secondary N) is 1. The van der Waals surface area contributed by atoms with E-state index in [1.165, 1.54) is 24.0 Å². The molecule has 2 aromatic carbocycles. The minimum atomic E-state index is -0.475. The molecule has 3 aromatic rings. The van der Waals surface area contributed by atoms with E-state index in [9.17, 15) is 9.59 Å². The number of hydrogen-bond acceptors (Lipinski definition) is 7. The van der Waals surface area contributed by atoms with Crippen molar-refractivity contribution in [2.24, 2.45) is 0 Å². The summed E-state index contributed by atoms with van der Waals surface area (Å²) < 4.78 is 10.2. The van der Waals surface area contributed by atoms with Gasteiger partial charge in [-0.3, -0.25) is 14.6 Å². The first kappa shape index (κ1) is 23.9. The first-order valence-electron chi connectivity index (χ1n) is 11.2. The summed E-state index contributed by atoms with van der Waals surface area (Å²) in [5.74, 6) is 0.123. The number of methoxy groups -OCH3 is 2. The monoisotopic (exact) mass is 479 g/mol. The smallest absolute Gasteiger partial charge is 0.341 e. The van der Waals surface area contributed by atoms with Gasteiger partial charge in [0.1, 0.15) is 16.3 Å². The lowest BCUT2D eigenvalue weighted by Crippen LogP contribution is -2.48. The topological polar surface area (TPSA) is 71.1 Å². The van der Waals surface area contributed by atoms with Crippen molar-refractivity contribution in [3.8, 4) is 16.9 Å². The lowest BCUT2D eigenvalue weighted by Gasteiger charge is -2.34. The predicted molar refractivity (Wildman–Crippen MR) is 134 cm³/mol. The summed E-state index contributed by atoms with van der Waals surface area (Å²) in [6, 6.07) is 17.9. The summed E-state index contributed by atoms with van der Waals surface area (Å²) in [5.41, 5.74) is 3.25. The molecule has 0 atom stereocenters. The van der Waals surface area contributed by atoms with E-state index in [0.717, 1.165) is 49.6 Å². The lowest BCUT2D eigenvalue weighted by atomic mass is 10.0. The lowest BCUT2D eigenvalue weighted by molar-refractivity contribution is -0.117. The minimum Gasteiger partial charge on any atom is -0.497 e. The third-order valence-corrected chi connectivity index (χ3v) is 6.81. The van der Waals surface area contributed by atoms with E-state index >= 15 is 0 Å². The molecule has 1 saturated heterocycles. The molecule has 0 spiro atoms. The molecule has 1 aliphatic heterocycles. The molecule has 4 rings (SSSR count). The van der Waals surface area contributed by atoms with Crippen LogP contribution in [0, 0.1) is 0 Å². The molecule has 34 heavy (non-hydrogen) atoms. The number of carbonyl (C=O) groups excluding carboxylic acids is 2. The van der Waals surface area contributed by atoms with Gasteiger partial charge >= 0.3 is 5.97 Å². The Bertz CT molecular complexity index is 1110. The highest BCUT2D eigenvalue weighted by atomic mass is 32.1. The Morgan fingerprint density at radius 2 is 1.62 bits per heavy atom. The van der Waals surface area contributed by atoms with Gasteiger partial charge in [0, 0.05) is 43.7 Å². The molecule has 178 valence electrons. The van der Waals surface area contributed by atoms with Crippen molar-refractivity contribution in [1.82, 2.24) is 9.80 Å². The fourth-order valence-electron chi connectivity index (χ4n) is 4.05. The first-order valence-corrected chi connectivity index (χ1v) is 12.1. The number of benzene rings is 2. The Labute approximate surface area is 203 Å². The zero-order chi connectivity index (χ0) is 23.9. The largest absolute Gasteiger partial charge is 0.497 e. The molecule has 0 unspecified atom stereocenters. The molecule has 0 radical (unpaired) electrons. The summed E-state index contributed by atoms with van der Waals surface area (Å²) in [7, 11) is 2.95. The standard InChI is InChI=1S/C26H29N3O4S/c1-32-21-10-8-20(9-11-21)22-18-34-25(24(22)26(31)33-2)27-23(30)17-29-14-12-28(13-15-29)16-19-6-4-3-5-7-19/h3-11,18H,12-17H2,1-2H3,(H,27,30). The van der Waals surface area contributed by atoms with Crippen molar-refractivity contribution in [1.29, 1.82) is 0 Å². The molecule has 1 fully saturated rings. The number of esters is 1. The minimum absolute atomic E-state index is 0.134. The fourth-order valence-corrected chi connectivity index (χ4v) is 5.03. The van der Waals surface area contributed by atoms with E-state index in [1.807, 2.05) is 35.7 Å². The highest BCUT2D eigenvalue weighted by Gasteiger charge is 2.24. The molecule has 1 aromatic heterocycles. The summed E-state index contributed by atoms with van der Waals surface area (Å²) in [5, 5.41) is 5.31. The molecule has 8 heteroatoms. The quantitative estimate of drug-likeness (QED) is 0.493. The maximum atomic E-state index is 12.8. The highest BCUT2D eigenvalue weighted by Crippen LogP contribution is 2.36. The van der Waals surface area contributed by atoms with E-state index in [1.54, 1.807) is 7.11 Å². The zero-order valence-corrected chi connectivity index (χ0v) is 20.3. The van der Waals surface area contributed by atoms with Gasteiger partial charge in [0.05, 0.1) is 20.8 Å². The maximum absolute atomic E-state index is 12.8. The number of anilines is 1. The van der Waals surface area contributed by atoms with Crippen molar-refractivity contribution in [2.45, 2.75) is 6.54 Å². The van der Waals surface area contributed by atoms with Gasteiger partial charge in [-0.25, -0.2) is 4.79 Å². The maximum Gasteiger partial charge on any atom is 0.341 e. The van der Waals surface area contributed by atoms with Gasteiger partial charge in [0.25, 0.3) is 0 Å². The molecule has 1 aliphatic rings. The van der Waals surface area contributed by atoms with Crippen molar-refractivity contribution in [2.75, 3.05) is 52.3 Å². The van der Waals surface area contributed by atoms with Crippen LogP contribution in [0.15, 0.2) is 60.0 Å². The van der Waals surface area contributed by atoms with Crippen LogP contribution >= 0.6 is 11.3 Å². The van der Waals surface area contributed by atoms with Crippen LogP contribution in [0.3, 0.4) is 0 Å². The average Bonchev–Trinajstić information content (AvgIpc) is 3.28. The number of rotatable bonds is 8. The van der Waals surface area contributed by atoms with Gasteiger partial charge in [0.15, 0.2) is 0 Å². The van der Waals surface area contributed by atoms with Gasteiger partial charge in [-0.05, 0) is 23.3 Å². The van der Waals surface area contributed by atoms with Crippen molar-refractivity contribution in [3.05, 3.63) is 71.1 Å². The molecule has 1 amide bonds. The van der Waals surface area contributed by atoms with Crippen molar-refractivity contribution in [3.63, 3.8) is 0 Å². The van der Waals surface area contributed by atoms with Crippen LogP contribution in [0.4, 0.5) is 5.00 Å². The normalized spacial score (nSPS) is 14.5. The van der Waals surface area contributed by atoms with Gasteiger partial charge in [-0.2, -0.15) is 0 Å². The van der Waals surface area contributed by atoms with Gasteiger partial charge in [0.2, 0.25) is 5.91 Å². The third-order valence-electron chi connectivity index (χ3n) is 5.92. The molecule has 0 bridgehead atoms. The Morgan fingerprint density at radius 3 is 2.26 bits per heavy atom. The van der Waals surface area contributed by atoms with E-state index in [2.05, 4.69) is 39.4 Å². The number of thiophene rings is 1. The third kappa shape index (κ3) is 5.83. The summed E-state index contributed by atoms with van der Waals surface area (Å²) in [6.07, 6.45) is 0. The number of nitrogens with zero attached hydrogens (tertiary/aromatic N) is 2. The van der Waals surface area contributed by atoms with Gasteiger partial charge < -0.3 is 14.8 Å². The predicted octanol–water partition coefficient (Wildman–Crippen LogP) is 3.97. The first-order chi connectivity index (χ1) is 16.6. The Hall–Kier alpha value is -3.20. The van der Waals surface area contributed by atoms with Crippen LogP contribution in [0.5, 0.6) is 5.75 Å². The van der Waals surface area contributed by atoms with Crippen LogP contribution in [-0.4, -0.2) is 68.6 Å². The summed E-state index contributed by atoms with van der Waals surface area (Å²) >= 11 is 1.33. The second-order valence-electron chi connectivity index (χ2n) is 8.16. The van der Waals surface area contributed by atoms with E-state index in [-0.39, 0.29) is 12.5 Å². The molecule has 0 aliphatic carbocycles. The van der Waals surface area contributed by atoms with Crippen LogP contribution in [0.2, 0.25) is 0 Å². The number of amides is 1. The number of piperazine rings is 1. The molecule has 7 nitrogen and oxygen atoms in total. The van der Waals surface area contributed by atoms with Gasteiger partial charge in [-0.15, -0.1) is 11.3 Å². The number of hydrogen-bond donors (Lipinski definition) is 1. The van der Waals surface area contributed by atoms with E-state index < -0.39 is 5.97 Å². The van der Waals surface area contributed by atoms with Gasteiger partial charge in [-0.1, -0.05) is 42.5 Å². The van der Waals surface area contributed by atoms with E-state index in [0.29, 0.717) is 10.6 Å². The average molecular weight is 480 g/mol. The molecular weight excluding hydrogens is 450 g/mol. The second kappa shape index (κ2) is 11.3. The van der Waals surface area contributed by atoms with E-state index in [4.69, 9.17) is 9.47 Å². The Kier molecular flexibility index (Phi) is 7.95. The number of carbonyl (C=O) groups is 2. The van der Waals surface area contributed by atoms with Crippen LogP contribution < -0.4 is 10.1 Å². The van der Waals surface area contributed by atoms with Crippen LogP contribution in [0.25, 0.3) is 11.1 Å². The summed E-state index contributed by atoms with van der Waals surface area (Å²) in [6.45, 7) is 4.69. The molecule has 0 saturated carbocycles. The molecule has 1 N–H and O–H groups in total. The highest BCUT2D eigenvalue weighted by molar-refractivity contribution is 7.15. The van der Waals surface area contributed by atoms with Crippen molar-refractivity contribution >= 4 is 28.2 Å². The Morgan fingerprint density at radius 1 is 0.941 bits per heavy atom. The molecule has 2 heterocycles. The Balaban J connectivity index is 1.37. The SMILES string of the molecule is COC(=O)c1c(-c2ccc(OC)cc2)csc1NC(=O)CN1CCN(Cc2ccccc2)CC1. The molecular formula is C26H29N3O4S. The second-order valence-corrected chi connectivity index (χ2v) is 9.04. The zero-order valence-electron chi connectivity index (χ0n) is 19.5. The summed E-state index contributed by atoms with van der Waals surface area (Å²) in [4.78, 5) is 29.9. The fraction of sp³-hybridized carbons (Fsp3) is 0.308. The number of ether oxygens (including phenoxy) is 2. The van der Waals surface area contributed by atoms with Crippen LogP contribution in [0.1, 0.15) is 15.9 Å². The van der Waals surface area contributed by atoms with Crippen LogP contribution in [-0.2, 0) is 16.1 Å². The van der Waals surface area contributed by atoms with Crippen molar-refractivity contribution < 1.29 is 19.1 Å².